The molecule has 0 aliphatic heterocycles. The lowest BCUT2D eigenvalue weighted by Crippen LogP contribution is -2.22. The largest absolute Gasteiger partial charge is 0.463 e. The summed E-state index contributed by atoms with van der Waals surface area (Å²) in [6.45, 7) is 5.94. The number of carbonyl (C=O) groups excluding carboxylic acids is 2. The number of aliphatic hydroxyl groups excluding tert-OH is 2. The van der Waals surface area contributed by atoms with Crippen molar-refractivity contribution in [1.82, 2.24) is 0 Å². The Balaban J connectivity index is 2.17. The second-order valence-electron chi connectivity index (χ2n) is 10.5. The quantitative estimate of drug-likeness (QED) is 0.115. The van der Waals surface area contributed by atoms with Gasteiger partial charge in [0, 0.05) is 19.3 Å². The van der Waals surface area contributed by atoms with Gasteiger partial charge in [-0.25, -0.2) is 0 Å². The maximum absolute atomic E-state index is 12.2. The van der Waals surface area contributed by atoms with Crippen LogP contribution in [-0.2, 0) is 14.3 Å². The van der Waals surface area contributed by atoms with Gasteiger partial charge in [-0.3, -0.25) is 9.59 Å². The third-order valence-corrected chi connectivity index (χ3v) is 7.03. The van der Waals surface area contributed by atoms with Crippen LogP contribution in [0.15, 0.2) is 12.2 Å². The van der Waals surface area contributed by atoms with E-state index < -0.39 is 12.2 Å². The molecular formula is C29H52O5. The number of carbonyl (C=O) groups is 2. The van der Waals surface area contributed by atoms with Gasteiger partial charge < -0.3 is 14.9 Å². The maximum atomic E-state index is 12.2. The maximum Gasteiger partial charge on any atom is 0.306 e. The minimum absolute atomic E-state index is 0.0195. The van der Waals surface area contributed by atoms with Gasteiger partial charge in [0.25, 0.3) is 0 Å². The average molecular weight is 481 g/mol. The van der Waals surface area contributed by atoms with E-state index in [1.807, 2.05) is 13.8 Å². The van der Waals surface area contributed by atoms with Crippen molar-refractivity contribution in [2.24, 2.45) is 11.8 Å². The Morgan fingerprint density at radius 1 is 0.824 bits per heavy atom. The number of hydrogen-bond donors (Lipinski definition) is 2. The number of Topliss-reactive ketones (excluding diaryl/α,β-unsaturated/α-hetero) is 1. The highest BCUT2D eigenvalue weighted by molar-refractivity contribution is 5.78. The minimum Gasteiger partial charge on any atom is -0.463 e. The number of rotatable bonds is 20. The predicted octanol–water partition coefficient (Wildman–Crippen LogP) is 6.68. The lowest BCUT2D eigenvalue weighted by atomic mass is 9.86. The van der Waals surface area contributed by atoms with E-state index in [4.69, 9.17) is 4.74 Å². The molecule has 1 fully saturated rings. The molecule has 0 aromatic heterocycles. The van der Waals surface area contributed by atoms with Crippen molar-refractivity contribution in [3.63, 3.8) is 0 Å². The molecule has 198 valence electrons. The molecule has 1 aliphatic carbocycles. The highest BCUT2D eigenvalue weighted by Gasteiger charge is 2.40. The molecule has 0 aromatic carbocycles. The van der Waals surface area contributed by atoms with Gasteiger partial charge >= 0.3 is 5.97 Å². The Bertz CT molecular complexity index is 571. The minimum atomic E-state index is -0.497. The van der Waals surface area contributed by atoms with Crippen LogP contribution in [0.4, 0.5) is 0 Å². The third-order valence-electron chi connectivity index (χ3n) is 7.03. The molecule has 2 N–H and O–H groups in total. The Morgan fingerprint density at radius 2 is 1.44 bits per heavy atom. The van der Waals surface area contributed by atoms with Gasteiger partial charge in [-0.2, -0.15) is 0 Å². The van der Waals surface area contributed by atoms with Gasteiger partial charge in [0.15, 0.2) is 0 Å². The van der Waals surface area contributed by atoms with E-state index in [-0.39, 0.29) is 23.9 Å². The van der Waals surface area contributed by atoms with Crippen molar-refractivity contribution in [1.29, 1.82) is 0 Å². The van der Waals surface area contributed by atoms with Crippen molar-refractivity contribution < 1.29 is 24.5 Å². The van der Waals surface area contributed by atoms with Crippen LogP contribution in [0.25, 0.3) is 0 Å². The molecule has 34 heavy (non-hydrogen) atoms. The normalized spacial score (nSPS) is 22.6. The number of esters is 1. The predicted molar refractivity (Wildman–Crippen MR) is 139 cm³/mol. The highest BCUT2D eigenvalue weighted by atomic mass is 16.5. The molecule has 0 radical (unpaired) electrons. The summed E-state index contributed by atoms with van der Waals surface area (Å²) in [7, 11) is 0. The van der Waals surface area contributed by atoms with Crippen molar-refractivity contribution in [3.05, 3.63) is 12.2 Å². The number of ketones is 1. The van der Waals surface area contributed by atoms with Crippen LogP contribution in [0, 0.1) is 11.8 Å². The van der Waals surface area contributed by atoms with E-state index in [1.54, 1.807) is 0 Å². The van der Waals surface area contributed by atoms with E-state index >= 15 is 0 Å². The summed E-state index contributed by atoms with van der Waals surface area (Å²) in [4.78, 5) is 23.8. The summed E-state index contributed by atoms with van der Waals surface area (Å²) in [5.74, 6) is 0.277. The van der Waals surface area contributed by atoms with E-state index in [1.165, 1.54) is 19.3 Å². The fraction of sp³-hybridized carbons (Fsp3) is 0.862. The molecule has 5 nitrogen and oxygen atoms in total. The van der Waals surface area contributed by atoms with Crippen LogP contribution in [0.1, 0.15) is 130 Å². The van der Waals surface area contributed by atoms with Crippen LogP contribution in [-0.4, -0.2) is 40.3 Å². The molecule has 0 heterocycles. The van der Waals surface area contributed by atoms with Crippen molar-refractivity contribution in [2.75, 3.05) is 0 Å². The van der Waals surface area contributed by atoms with Crippen LogP contribution in [0.3, 0.4) is 0 Å². The first-order valence-corrected chi connectivity index (χ1v) is 14.1. The number of aliphatic hydroxyl groups is 2. The van der Waals surface area contributed by atoms with E-state index in [0.29, 0.717) is 37.9 Å². The Kier molecular flexibility index (Phi) is 17.3. The van der Waals surface area contributed by atoms with Gasteiger partial charge in [0.05, 0.1) is 18.3 Å². The van der Waals surface area contributed by atoms with Gasteiger partial charge in [0.2, 0.25) is 0 Å². The number of ether oxygens (including phenoxy) is 1. The average Bonchev–Trinajstić information content (AvgIpc) is 3.05. The van der Waals surface area contributed by atoms with E-state index in [0.717, 1.165) is 57.8 Å². The molecule has 0 spiro atoms. The van der Waals surface area contributed by atoms with Gasteiger partial charge in [-0.05, 0) is 70.6 Å². The summed E-state index contributed by atoms with van der Waals surface area (Å²) in [6.07, 6.45) is 19.1. The molecule has 1 aliphatic rings. The molecular weight excluding hydrogens is 428 g/mol. The fourth-order valence-electron chi connectivity index (χ4n) is 5.04. The number of hydrogen-bond acceptors (Lipinski definition) is 5. The monoisotopic (exact) mass is 480 g/mol. The second kappa shape index (κ2) is 19.0. The van der Waals surface area contributed by atoms with Gasteiger partial charge in [0.1, 0.15) is 5.78 Å². The second-order valence-corrected chi connectivity index (χ2v) is 10.5. The summed E-state index contributed by atoms with van der Waals surface area (Å²) >= 11 is 0. The first kappa shape index (κ1) is 30.8. The number of allylic oxidation sites excluding steroid dienone is 2. The zero-order valence-corrected chi connectivity index (χ0v) is 22.2. The Hall–Kier alpha value is -1.20. The van der Waals surface area contributed by atoms with Crippen LogP contribution < -0.4 is 0 Å². The van der Waals surface area contributed by atoms with Crippen molar-refractivity contribution in [2.45, 2.75) is 148 Å². The summed E-state index contributed by atoms with van der Waals surface area (Å²) < 4.78 is 5.14. The molecule has 1 saturated carbocycles. The Morgan fingerprint density at radius 3 is 2.15 bits per heavy atom. The SMILES string of the molecule is CCCCCCCC(=O)CC[C@H]1C(O)CC(O)C1C/C=C\CCCCCCCC(=O)OC(C)C. The summed E-state index contributed by atoms with van der Waals surface area (Å²) in [6, 6.07) is 0. The Labute approximate surface area is 208 Å². The zero-order valence-electron chi connectivity index (χ0n) is 22.2. The molecule has 1 rings (SSSR count). The molecule has 3 unspecified atom stereocenters. The fourth-order valence-corrected chi connectivity index (χ4v) is 5.04. The first-order valence-electron chi connectivity index (χ1n) is 14.1. The van der Waals surface area contributed by atoms with Crippen LogP contribution in [0.2, 0.25) is 0 Å². The molecule has 0 aromatic rings. The van der Waals surface area contributed by atoms with Gasteiger partial charge in [-0.15, -0.1) is 0 Å². The smallest absolute Gasteiger partial charge is 0.306 e. The van der Waals surface area contributed by atoms with Gasteiger partial charge in [-0.1, -0.05) is 64.0 Å². The molecule has 0 amide bonds. The zero-order chi connectivity index (χ0) is 25.2. The van der Waals surface area contributed by atoms with Crippen molar-refractivity contribution >= 4 is 11.8 Å². The topological polar surface area (TPSA) is 83.8 Å². The van der Waals surface area contributed by atoms with Crippen molar-refractivity contribution in [3.8, 4) is 0 Å². The lowest BCUT2D eigenvalue weighted by Gasteiger charge is -2.22. The number of unbranched alkanes of at least 4 members (excludes halogenated alkanes) is 9. The summed E-state index contributed by atoms with van der Waals surface area (Å²) in [5.41, 5.74) is 0. The van der Waals surface area contributed by atoms with E-state index in [9.17, 15) is 19.8 Å². The third kappa shape index (κ3) is 14.3. The highest BCUT2D eigenvalue weighted by Crippen LogP contribution is 2.38. The van der Waals surface area contributed by atoms with Crippen LogP contribution in [0.5, 0.6) is 0 Å². The summed E-state index contributed by atoms with van der Waals surface area (Å²) in [5, 5.41) is 20.8. The lowest BCUT2D eigenvalue weighted by molar-refractivity contribution is -0.147. The molecule has 0 bridgehead atoms. The standard InChI is InChI=1S/C29H52O5/c1-4-5-6-11-14-17-24(30)20-21-26-25(27(31)22-28(26)32)18-15-12-9-7-8-10-13-16-19-29(33)34-23(2)3/h12,15,23,25-28,31-32H,4-11,13-14,16-22H2,1-3H3/b15-12-/t25?,26-,27?,28?/m1/s1. The van der Waals surface area contributed by atoms with Crippen LogP contribution >= 0.6 is 0 Å². The molecule has 5 heteroatoms. The molecule has 0 saturated heterocycles. The molecule has 4 atom stereocenters. The van der Waals surface area contributed by atoms with E-state index in [2.05, 4.69) is 19.1 Å². The first-order chi connectivity index (χ1) is 16.3.